The summed E-state index contributed by atoms with van der Waals surface area (Å²) in [6.07, 6.45) is 8.39. The first-order valence-electron chi connectivity index (χ1n) is 6.99. The van der Waals surface area contributed by atoms with Crippen LogP contribution in [-0.2, 0) is 6.54 Å². The molecule has 1 aliphatic rings. The summed E-state index contributed by atoms with van der Waals surface area (Å²) in [6.45, 7) is 1.88. The molecule has 2 aromatic rings. The average molecular weight is 260 g/mol. The minimum Gasteiger partial charge on any atom is -0.303 e. The van der Waals surface area contributed by atoms with E-state index in [1.54, 1.807) is 15.4 Å². The molecule has 5 heteroatoms. The number of piperidine rings is 1. The minimum absolute atomic E-state index is 0.00552. The van der Waals surface area contributed by atoms with Crippen molar-refractivity contribution in [2.45, 2.75) is 38.3 Å². The molecule has 0 N–H and O–H groups in total. The number of aryl methyl sites for hydroxylation is 1. The summed E-state index contributed by atoms with van der Waals surface area (Å²) >= 11 is 0. The molecule has 102 valence electrons. The lowest BCUT2D eigenvalue weighted by atomic mass is 10.0. The van der Waals surface area contributed by atoms with Gasteiger partial charge < -0.3 is 9.30 Å². The van der Waals surface area contributed by atoms with Gasteiger partial charge in [0.2, 0.25) is 0 Å². The zero-order chi connectivity index (χ0) is 13.2. The Kier molecular flexibility index (Phi) is 3.38. The van der Waals surface area contributed by atoms with Gasteiger partial charge in [-0.1, -0.05) is 6.42 Å². The van der Waals surface area contributed by atoms with Crippen LogP contribution < -0.4 is 5.56 Å². The predicted octanol–water partition coefficient (Wildman–Crippen LogP) is 1.37. The number of aromatic nitrogens is 3. The molecule has 1 saturated heterocycles. The first-order valence-corrected chi connectivity index (χ1v) is 6.99. The summed E-state index contributed by atoms with van der Waals surface area (Å²) in [7, 11) is 2.18. The maximum Gasteiger partial charge on any atom is 0.290 e. The van der Waals surface area contributed by atoms with E-state index in [4.69, 9.17) is 0 Å². The van der Waals surface area contributed by atoms with Gasteiger partial charge in [0.15, 0.2) is 0 Å². The Morgan fingerprint density at radius 1 is 1.42 bits per heavy atom. The van der Waals surface area contributed by atoms with Gasteiger partial charge in [-0.25, -0.2) is 4.68 Å². The molecule has 1 unspecified atom stereocenters. The fraction of sp³-hybridized carbons (Fsp3) is 0.571. The fourth-order valence-corrected chi connectivity index (χ4v) is 2.92. The van der Waals surface area contributed by atoms with Crippen LogP contribution in [-0.4, -0.2) is 38.7 Å². The number of likely N-dealkylation sites (tertiary alicyclic amines) is 1. The summed E-state index contributed by atoms with van der Waals surface area (Å²) in [6, 6.07) is 4.30. The molecule has 2 aromatic heterocycles. The van der Waals surface area contributed by atoms with Crippen LogP contribution in [0.4, 0.5) is 0 Å². The molecule has 0 aliphatic carbocycles. The molecule has 0 amide bonds. The monoisotopic (exact) mass is 260 g/mol. The van der Waals surface area contributed by atoms with Gasteiger partial charge in [-0.15, -0.1) is 0 Å². The third-order valence-electron chi connectivity index (χ3n) is 4.14. The molecule has 3 rings (SSSR count). The van der Waals surface area contributed by atoms with Gasteiger partial charge in [-0.2, -0.15) is 5.10 Å². The molecule has 1 aliphatic heterocycles. The van der Waals surface area contributed by atoms with Gasteiger partial charge in [0.25, 0.3) is 5.56 Å². The van der Waals surface area contributed by atoms with Crippen molar-refractivity contribution in [3.63, 3.8) is 0 Å². The van der Waals surface area contributed by atoms with Gasteiger partial charge in [-0.3, -0.25) is 4.79 Å². The number of hydrogen-bond donors (Lipinski definition) is 0. The van der Waals surface area contributed by atoms with Crippen molar-refractivity contribution in [1.29, 1.82) is 0 Å². The van der Waals surface area contributed by atoms with Crippen molar-refractivity contribution in [2.75, 3.05) is 13.6 Å². The van der Waals surface area contributed by atoms with E-state index in [0.717, 1.165) is 6.42 Å². The summed E-state index contributed by atoms with van der Waals surface area (Å²) in [4.78, 5) is 14.6. The Morgan fingerprint density at radius 3 is 3.16 bits per heavy atom. The van der Waals surface area contributed by atoms with Crippen LogP contribution in [0.5, 0.6) is 0 Å². The summed E-state index contributed by atoms with van der Waals surface area (Å²) in [5, 5.41) is 4.24. The van der Waals surface area contributed by atoms with E-state index < -0.39 is 0 Å². The smallest absolute Gasteiger partial charge is 0.290 e. The molecule has 19 heavy (non-hydrogen) atoms. The quantitative estimate of drug-likeness (QED) is 0.837. The minimum atomic E-state index is 0.00552. The van der Waals surface area contributed by atoms with Gasteiger partial charge in [0.05, 0.1) is 0 Å². The SMILES string of the molecule is CN1CCCCC1CCn1ncn2cccc2c1=O. The fourth-order valence-electron chi connectivity index (χ4n) is 2.92. The van der Waals surface area contributed by atoms with Crippen LogP contribution in [0.2, 0.25) is 0 Å². The Morgan fingerprint density at radius 2 is 2.32 bits per heavy atom. The van der Waals surface area contributed by atoms with E-state index in [-0.39, 0.29) is 5.56 Å². The number of hydrogen-bond acceptors (Lipinski definition) is 3. The van der Waals surface area contributed by atoms with Gasteiger partial charge >= 0.3 is 0 Å². The standard InChI is InChI=1S/C14H20N4O/c1-16-8-3-2-5-12(16)7-10-18-14(19)13-6-4-9-17(13)11-15-18/h4,6,9,11-12H,2-3,5,7-8,10H2,1H3. The number of fused-ring (bicyclic) bond motifs is 1. The zero-order valence-electron chi connectivity index (χ0n) is 11.3. The number of nitrogens with zero attached hydrogens (tertiary/aromatic N) is 4. The highest BCUT2D eigenvalue weighted by atomic mass is 16.1. The molecule has 3 heterocycles. The first kappa shape index (κ1) is 12.4. The van der Waals surface area contributed by atoms with E-state index in [0.29, 0.717) is 18.1 Å². The maximum absolute atomic E-state index is 12.2. The Balaban J connectivity index is 1.74. The summed E-state index contributed by atoms with van der Waals surface area (Å²) in [5.41, 5.74) is 0.706. The van der Waals surface area contributed by atoms with Crippen molar-refractivity contribution in [1.82, 2.24) is 19.1 Å². The molecular formula is C14H20N4O. The van der Waals surface area contributed by atoms with E-state index in [2.05, 4.69) is 17.0 Å². The maximum atomic E-state index is 12.2. The van der Waals surface area contributed by atoms with E-state index >= 15 is 0 Å². The third kappa shape index (κ3) is 2.42. The summed E-state index contributed by atoms with van der Waals surface area (Å²) in [5.74, 6) is 0. The Labute approximate surface area is 112 Å². The second-order valence-corrected chi connectivity index (χ2v) is 5.38. The highest BCUT2D eigenvalue weighted by Crippen LogP contribution is 2.17. The van der Waals surface area contributed by atoms with E-state index in [1.807, 2.05) is 18.3 Å². The first-order chi connectivity index (χ1) is 9.25. The van der Waals surface area contributed by atoms with Crippen molar-refractivity contribution in [3.8, 4) is 0 Å². The normalized spacial score (nSPS) is 21.0. The van der Waals surface area contributed by atoms with Gasteiger partial charge in [0, 0.05) is 18.8 Å². The van der Waals surface area contributed by atoms with Gasteiger partial charge in [0.1, 0.15) is 11.8 Å². The van der Waals surface area contributed by atoms with Crippen LogP contribution >= 0.6 is 0 Å². The lowest BCUT2D eigenvalue weighted by Gasteiger charge is -2.32. The lowest BCUT2D eigenvalue weighted by molar-refractivity contribution is 0.169. The molecule has 0 aromatic carbocycles. The number of rotatable bonds is 3. The Hall–Kier alpha value is -1.62. The van der Waals surface area contributed by atoms with Crippen LogP contribution in [0.25, 0.3) is 5.52 Å². The third-order valence-corrected chi connectivity index (χ3v) is 4.14. The molecule has 0 saturated carbocycles. The van der Waals surface area contributed by atoms with Crippen LogP contribution in [0, 0.1) is 0 Å². The van der Waals surface area contributed by atoms with Gasteiger partial charge in [-0.05, 0) is 45.0 Å². The lowest BCUT2D eigenvalue weighted by Crippen LogP contribution is -2.38. The largest absolute Gasteiger partial charge is 0.303 e. The second-order valence-electron chi connectivity index (χ2n) is 5.38. The predicted molar refractivity (Wildman–Crippen MR) is 74.3 cm³/mol. The average Bonchev–Trinajstić information content (AvgIpc) is 2.89. The molecular weight excluding hydrogens is 240 g/mol. The van der Waals surface area contributed by atoms with Crippen LogP contribution in [0.3, 0.4) is 0 Å². The molecule has 1 fully saturated rings. The van der Waals surface area contributed by atoms with Crippen molar-refractivity contribution in [3.05, 3.63) is 35.0 Å². The van der Waals surface area contributed by atoms with Crippen molar-refractivity contribution >= 4 is 5.52 Å². The highest BCUT2D eigenvalue weighted by Gasteiger charge is 2.18. The molecule has 0 radical (unpaired) electrons. The molecule has 1 atom stereocenters. The van der Waals surface area contributed by atoms with E-state index in [9.17, 15) is 4.79 Å². The van der Waals surface area contributed by atoms with Crippen molar-refractivity contribution < 1.29 is 0 Å². The highest BCUT2D eigenvalue weighted by molar-refractivity contribution is 5.43. The second kappa shape index (κ2) is 5.17. The Bertz CT molecular complexity index is 615. The van der Waals surface area contributed by atoms with Crippen molar-refractivity contribution in [2.24, 2.45) is 0 Å². The topological polar surface area (TPSA) is 42.5 Å². The molecule has 0 spiro atoms. The van der Waals surface area contributed by atoms with Crippen LogP contribution in [0.1, 0.15) is 25.7 Å². The molecule has 0 bridgehead atoms. The molecule has 5 nitrogen and oxygen atoms in total. The van der Waals surface area contributed by atoms with Crippen LogP contribution in [0.15, 0.2) is 29.5 Å². The zero-order valence-corrected chi connectivity index (χ0v) is 11.3. The summed E-state index contributed by atoms with van der Waals surface area (Å²) < 4.78 is 3.36. The van der Waals surface area contributed by atoms with E-state index in [1.165, 1.54) is 25.8 Å².